The fourth-order valence-corrected chi connectivity index (χ4v) is 2.11. The van der Waals surface area contributed by atoms with Crippen molar-refractivity contribution in [3.8, 4) is 0 Å². The Labute approximate surface area is 107 Å². The van der Waals surface area contributed by atoms with Gasteiger partial charge >= 0.3 is 6.09 Å². The number of likely N-dealkylation sites (tertiary alicyclic amines) is 1. The Hall–Kier alpha value is -1.78. The zero-order valence-electron chi connectivity index (χ0n) is 10.6. The van der Waals surface area contributed by atoms with Crippen LogP contribution in [0.4, 0.5) is 10.5 Å². The molecule has 0 bridgehead atoms. The monoisotopic (exact) mass is 249 g/mol. The molecule has 0 aliphatic carbocycles. The van der Waals surface area contributed by atoms with Crippen LogP contribution in [0, 0.1) is 0 Å². The van der Waals surface area contributed by atoms with Crippen LogP contribution in [-0.2, 0) is 4.74 Å². The molecule has 5 nitrogen and oxygen atoms in total. The van der Waals surface area contributed by atoms with E-state index in [0.29, 0.717) is 12.6 Å². The first-order valence-corrected chi connectivity index (χ1v) is 6.38. The summed E-state index contributed by atoms with van der Waals surface area (Å²) < 4.78 is 4.99. The SMILES string of the molecule is CCOC(=O)N1CCC(Nc2cccnc2)CC1. The predicted octanol–water partition coefficient (Wildman–Crippen LogP) is 2.11. The van der Waals surface area contributed by atoms with Gasteiger partial charge in [-0.1, -0.05) is 0 Å². The number of amides is 1. The minimum Gasteiger partial charge on any atom is -0.450 e. The number of rotatable bonds is 3. The van der Waals surface area contributed by atoms with Gasteiger partial charge in [0.2, 0.25) is 0 Å². The largest absolute Gasteiger partial charge is 0.450 e. The lowest BCUT2D eigenvalue weighted by molar-refractivity contribution is 0.0983. The Balaban J connectivity index is 1.78. The molecule has 2 rings (SSSR count). The first kappa shape index (κ1) is 12.7. The van der Waals surface area contributed by atoms with Gasteiger partial charge in [0.1, 0.15) is 0 Å². The molecule has 0 aromatic carbocycles. The van der Waals surface area contributed by atoms with Crippen LogP contribution in [0.1, 0.15) is 19.8 Å². The molecule has 0 unspecified atom stereocenters. The van der Waals surface area contributed by atoms with Crippen LogP contribution in [0.15, 0.2) is 24.5 Å². The molecule has 2 heterocycles. The molecular formula is C13H19N3O2. The first-order valence-electron chi connectivity index (χ1n) is 6.38. The molecule has 1 aliphatic rings. The molecule has 1 aromatic rings. The zero-order chi connectivity index (χ0) is 12.8. The van der Waals surface area contributed by atoms with E-state index in [1.54, 1.807) is 11.1 Å². The van der Waals surface area contributed by atoms with Gasteiger partial charge in [-0.05, 0) is 31.9 Å². The van der Waals surface area contributed by atoms with Gasteiger partial charge < -0.3 is 15.0 Å². The van der Waals surface area contributed by atoms with E-state index in [9.17, 15) is 4.79 Å². The fraction of sp³-hybridized carbons (Fsp3) is 0.538. The molecular weight excluding hydrogens is 230 g/mol. The standard InChI is InChI=1S/C13H19N3O2/c1-2-18-13(17)16-8-5-11(6-9-16)15-12-4-3-7-14-10-12/h3-4,7,10-11,15H,2,5-6,8-9H2,1H3. The van der Waals surface area contributed by atoms with E-state index in [1.165, 1.54) is 0 Å². The number of nitrogens with zero attached hydrogens (tertiary/aromatic N) is 2. The van der Waals surface area contributed by atoms with Crippen LogP contribution >= 0.6 is 0 Å². The molecule has 0 spiro atoms. The van der Waals surface area contributed by atoms with Gasteiger partial charge in [0, 0.05) is 31.5 Å². The van der Waals surface area contributed by atoms with E-state index < -0.39 is 0 Å². The topological polar surface area (TPSA) is 54.5 Å². The van der Waals surface area contributed by atoms with Crippen molar-refractivity contribution in [3.05, 3.63) is 24.5 Å². The van der Waals surface area contributed by atoms with E-state index in [2.05, 4.69) is 10.3 Å². The summed E-state index contributed by atoms with van der Waals surface area (Å²) in [7, 11) is 0. The third-order valence-corrected chi connectivity index (χ3v) is 3.05. The van der Waals surface area contributed by atoms with Gasteiger partial charge in [0.25, 0.3) is 0 Å². The normalized spacial score (nSPS) is 16.4. The van der Waals surface area contributed by atoms with Gasteiger partial charge in [-0.3, -0.25) is 4.98 Å². The number of anilines is 1. The highest BCUT2D eigenvalue weighted by atomic mass is 16.6. The van der Waals surface area contributed by atoms with Gasteiger partial charge in [-0.25, -0.2) is 4.79 Å². The molecule has 1 aromatic heterocycles. The summed E-state index contributed by atoms with van der Waals surface area (Å²) in [5, 5.41) is 3.43. The maximum Gasteiger partial charge on any atom is 0.409 e. The van der Waals surface area contributed by atoms with Crippen LogP contribution in [-0.4, -0.2) is 41.7 Å². The van der Waals surface area contributed by atoms with Crippen LogP contribution in [0.2, 0.25) is 0 Å². The van der Waals surface area contributed by atoms with Gasteiger partial charge in [-0.2, -0.15) is 0 Å². The summed E-state index contributed by atoms with van der Waals surface area (Å²) in [6, 6.07) is 4.32. The highest BCUT2D eigenvalue weighted by molar-refractivity contribution is 5.67. The number of carbonyl (C=O) groups is 1. The summed E-state index contributed by atoms with van der Waals surface area (Å²) >= 11 is 0. The number of hydrogen-bond donors (Lipinski definition) is 1. The lowest BCUT2D eigenvalue weighted by atomic mass is 10.1. The van der Waals surface area contributed by atoms with Crippen LogP contribution in [0.3, 0.4) is 0 Å². The Morgan fingerprint density at radius 3 is 2.94 bits per heavy atom. The maximum atomic E-state index is 11.5. The number of hydrogen-bond acceptors (Lipinski definition) is 4. The minimum atomic E-state index is -0.197. The maximum absolute atomic E-state index is 11.5. The van der Waals surface area contributed by atoms with Crippen molar-refractivity contribution < 1.29 is 9.53 Å². The van der Waals surface area contributed by atoms with Crippen molar-refractivity contribution in [2.45, 2.75) is 25.8 Å². The molecule has 1 fully saturated rings. The van der Waals surface area contributed by atoms with E-state index in [0.717, 1.165) is 31.6 Å². The summed E-state index contributed by atoms with van der Waals surface area (Å²) in [5.74, 6) is 0. The lowest BCUT2D eigenvalue weighted by Gasteiger charge is -2.32. The Morgan fingerprint density at radius 2 is 2.33 bits per heavy atom. The van der Waals surface area contributed by atoms with Gasteiger partial charge in [0.05, 0.1) is 12.3 Å². The van der Waals surface area contributed by atoms with Crippen molar-refractivity contribution in [1.82, 2.24) is 9.88 Å². The predicted molar refractivity (Wildman–Crippen MR) is 69.5 cm³/mol. The smallest absolute Gasteiger partial charge is 0.409 e. The number of ether oxygens (including phenoxy) is 1. The summed E-state index contributed by atoms with van der Waals surface area (Å²) in [5.41, 5.74) is 1.03. The Morgan fingerprint density at radius 1 is 1.56 bits per heavy atom. The molecule has 0 radical (unpaired) electrons. The van der Waals surface area contributed by atoms with Crippen molar-refractivity contribution >= 4 is 11.8 Å². The molecule has 1 aliphatic heterocycles. The summed E-state index contributed by atoms with van der Waals surface area (Å²) in [6.45, 7) is 3.76. The second-order valence-electron chi connectivity index (χ2n) is 4.35. The molecule has 0 atom stereocenters. The average molecular weight is 249 g/mol. The number of piperidine rings is 1. The zero-order valence-corrected chi connectivity index (χ0v) is 10.6. The molecule has 0 saturated carbocycles. The van der Waals surface area contributed by atoms with E-state index in [4.69, 9.17) is 4.74 Å². The van der Waals surface area contributed by atoms with Crippen LogP contribution in [0.5, 0.6) is 0 Å². The first-order chi connectivity index (χ1) is 8.79. The molecule has 1 amide bonds. The van der Waals surface area contributed by atoms with Crippen molar-refractivity contribution in [2.24, 2.45) is 0 Å². The van der Waals surface area contributed by atoms with E-state index in [1.807, 2.05) is 25.3 Å². The fourth-order valence-electron chi connectivity index (χ4n) is 2.11. The summed E-state index contributed by atoms with van der Waals surface area (Å²) in [6.07, 6.45) is 5.26. The van der Waals surface area contributed by atoms with Crippen LogP contribution in [0.25, 0.3) is 0 Å². The second-order valence-corrected chi connectivity index (χ2v) is 4.35. The number of carbonyl (C=O) groups excluding carboxylic acids is 1. The number of nitrogens with one attached hydrogen (secondary N) is 1. The van der Waals surface area contributed by atoms with Crippen molar-refractivity contribution in [1.29, 1.82) is 0 Å². The minimum absolute atomic E-state index is 0.197. The van der Waals surface area contributed by atoms with Gasteiger partial charge in [-0.15, -0.1) is 0 Å². The van der Waals surface area contributed by atoms with E-state index >= 15 is 0 Å². The van der Waals surface area contributed by atoms with Crippen molar-refractivity contribution in [2.75, 3.05) is 25.0 Å². The number of pyridine rings is 1. The third kappa shape index (κ3) is 3.35. The Bertz CT molecular complexity index is 375. The average Bonchev–Trinajstić information content (AvgIpc) is 2.41. The molecule has 1 N–H and O–H groups in total. The molecule has 1 saturated heterocycles. The number of aromatic nitrogens is 1. The highest BCUT2D eigenvalue weighted by Gasteiger charge is 2.23. The molecule has 98 valence electrons. The quantitative estimate of drug-likeness (QED) is 0.891. The Kier molecular flexibility index (Phi) is 4.39. The highest BCUT2D eigenvalue weighted by Crippen LogP contribution is 2.16. The molecule has 5 heteroatoms. The van der Waals surface area contributed by atoms with Gasteiger partial charge in [0.15, 0.2) is 0 Å². The summed E-state index contributed by atoms with van der Waals surface area (Å²) in [4.78, 5) is 17.4. The van der Waals surface area contributed by atoms with Crippen LogP contribution < -0.4 is 5.32 Å². The third-order valence-electron chi connectivity index (χ3n) is 3.05. The second kappa shape index (κ2) is 6.23. The van der Waals surface area contributed by atoms with E-state index in [-0.39, 0.29) is 6.09 Å². The van der Waals surface area contributed by atoms with Crippen molar-refractivity contribution in [3.63, 3.8) is 0 Å². The lowest BCUT2D eigenvalue weighted by Crippen LogP contribution is -2.42. The molecule has 18 heavy (non-hydrogen) atoms.